The summed E-state index contributed by atoms with van der Waals surface area (Å²) in [5.41, 5.74) is 0.483. The summed E-state index contributed by atoms with van der Waals surface area (Å²) in [6, 6.07) is 13.0. The summed E-state index contributed by atoms with van der Waals surface area (Å²) < 4.78 is 18.6. The van der Waals surface area contributed by atoms with Gasteiger partial charge in [-0.15, -0.1) is 0 Å². The maximum Gasteiger partial charge on any atom is 0.338 e. The van der Waals surface area contributed by atoms with Crippen molar-refractivity contribution >= 4 is 5.97 Å². The largest absolute Gasteiger partial charge is 0.481 e. The molecule has 0 heterocycles. The van der Waals surface area contributed by atoms with E-state index in [4.69, 9.17) is 9.84 Å². The molecule has 100 valence electrons. The zero-order valence-corrected chi connectivity index (χ0v) is 10.5. The van der Waals surface area contributed by atoms with Crippen molar-refractivity contribution < 1.29 is 19.0 Å². The fourth-order valence-electron chi connectivity index (χ4n) is 1.54. The molecule has 20 heavy (non-hydrogen) atoms. The molecule has 0 aliphatic carbocycles. The molecule has 4 heteroatoms. The van der Waals surface area contributed by atoms with E-state index in [0.717, 1.165) is 17.7 Å². The van der Waals surface area contributed by atoms with Crippen LogP contribution in [0, 0.1) is 17.7 Å². The number of hydrogen-bond donors (Lipinski definition) is 1. The van der Waals surface area contributed by atoms with Crippen LogP contribution in [0.15, 0.2) is 48.5 Å². The number of ether oxygens (including phenoxy) is 1. The Morgan fingerprint density at radius 1 is 1.20 bits per heavy atom. The Morgan fingerprint density at radius 2 is 1.95 bits per heavy atom. The van der Waals surface area contributed by atoms with Crippen molar-refractivity contribution in [2.45, 2.75) is 0 Å². The van der Waals surface area contributed by atoms with Crippen molar-refractivity contribution in [3.05, 3.63) is 65.5 Å². The van der Waals surface area contributed by atoms with Gasteiger partial charge in [-0.1, -0.05) is 30.0 Å². The minimum atomic E-state index is -1.31. The van der Waals surface area contributed by atoms with Gasteiger partial charge in [0.1, 0.15) is 18.2 Å². The summed E-state index contributed by atoms with van der Waals surface area (Å²) in [5.74, 6) is 3.80. The van der Waals surface area contributed by atoms with E-state index in [2.05, 4.69) is 11.8 Å². The monoisotopic (exact) mass is 270 g/mol. The highest BCUT2D eigenvalue weighted by atomic mass is 19.1. The molecule has 3 nitrogen and oxygen atoms in total. The summed E-state index contributed by atoms with van der Waals surface area (Å²) in [4.78, 5) is 10.6. The van der Waals surface area contributed by atoms with Gasteiger partial charge < -0.3 is 9.84 Å². The highest BCUT2D eigenvalue weighted by Crippen LogP contribution is 2.16. The topological polar surface area (TPSA) is 46.5 Å². The minimum absolute atomic E-state index is 0.0980. The van der Waals surface area contributed by atoms with Crippen LogP contribution in [0.4, 0.5) is 4.39 Å². The molecule has 0 atom stereocenters. The van der Waals surface area contributed by atoms with Gasteiger partial charge >= 0.3 is 5.97 Å². The van der Waals surface area contributed by atoms with Crippen LogP contribution in [-0.4, -0.2) is 17.7 Å². The first kappa shape index (κ1) is 13.6. The third kappa shape index (κ3) is 3.59. The Kier molecular flexibility index (Phi) is 4.35. The predicted octanol–water partition coefficient (Wildman–Crippen LogP) is 2.95. The molecule has 2 rings (SSSR count). The average molecular weight is 270 g/mol. The Labute approximate surface area is 115 Å². The Morgan fingerprint density at radius 3 is 2.60 bits per heavy atom. The molecule has 0 bridgehead atoms. The molecule has 0 aromatic heterocycles. The number of rotatable bonds is 3. The molecule has 1 N–H and O–H groups in total. The van der Waals surface area contributed by atoms with E-state index in [1.165, 1.54) is 6.07 Å². The molecule has 0 saturated heterocycles. The van der Waals surface area contributed by atoms with E-state index < -0.39 is 11.8 Å². The van der Waals surface area contributed by atoms with E-state index in [1.54, 1.807) is 0 Å². The second kappa shape index (κ2) is 6.39. The third-order valence-corrected chi connectivity index (χ3v) is 2.49. The molecule has 2 aromatic carbocycles. The summed E-state index contributed by atoms with van der Waals surface area (Å²) in [7, 11) is 0. The smallest absolute Gasteiger partial charge is 0.338 e. The molecular formula is C16H11FO3. The lowest BCUT2D eigenvalue weighted by molar-refractivity contribution is 0.0692. The van der Waals surface area contributed by atoms with Gasteiger partial charge in [-0.05, 0) is 24.3 Å². The summed E-state index contributed by atoms with van der Waals surface area (Å²) in [6.45, 7) is 0.0980. The second-order valence-electron chi connectivity index (χ2n) is 3.90. The van der Waals surface area contributed by atoms with Crippen LogP contribution < -0.4 is 4.74 Å². The maximum atomic E-state index is 13.4. The van der Waals surface area contributed by atoms with Gasteiger partial charge in [0.25, 0.3) is 0 Å². The van der Waals surface area contributed by atoms with Crippen molar-refractivity contribution in [2.24, 2.45) is 0 Å². The van der Waals surface area contributed by atoms with Gasteiger partial charge in [0.15, 0.2) is 0 Å². The number of carboxylic acid groups (broad SMARTS) is 1. The lowest BCUT2D eigenvalue weighted by Crippen LogP contribution is -2.01. The Balaban J connectivity index is 1.97. The SMILES string of the molecule is O=C(O)c1ccc(OCC#Cc2ccccc2)cc1F. The first-order valence-electron chi connectivity index (χ1n) is 5.86. The second-order valence-corrected chi connectivity index (χ2v) is 3.90. The molecule has 0 spiro atoms. The van der Waals surface area contributed by atoms with Crippen molar-refractivity contribution in [3.63, 3.8) is 0 Å². The van der Waals surface area contributed by atoms with E-state index in [0.29, 0.717) is 0 Å². The van der Waals surface area contributed by atoms with Crippen LogP contribution in [0.1, 0.15) is 15.9 Å². The van der Waals surface area contributed by atoms with Gasteiger partial charge in [-0.3, -0.25) is 0 Å². The van der Waals surface area contributed by atoms with E-state index in [9.17, 15) is 9.18 Å². The zero-order chi connectivity index (χ0) is 14.4. The summed E-state index contributed by atoms with van der Waals surface area (Å²) >= 11 is 0. The molecule has 0 aliphatic heterocycles. The van der Waals surface area contributed by atoms with Crippen LogP contribution in [0.3, 0.4) is 0 Å². The van der Waals surface area contributed by atoms with Gasteiger partial charge in [0, 0.05) is 11.6 Å². The fourth-order valence-corrected chi connectivity index (χ4v) is 1.54. The van der Waals surface area contributed by atoms with E-state index >= 15 is 0 Å². The first-order chi connectivity index (χ1) is 9.66. The number of benzene rings is 2. The molecule has 0 radical (unpaired) electrons. The average Bonchev–Trinajstić information content (AvgIpc) is 2.44. The lowest BCUT2D eigenvalue weighted by Gasteiger charge is -2.03. The highest BCUT2D eigenvalue weighted by Gasteiger charge is 2.10. The molecule has 2 aromatic rings. The van der Waals surface area contributed by atoms with Crippen molar-refractivity contribution in [3.8, 4) is 17.6 Å². The molecule has 0 aliphatic rings. The number of hydrogen-bond acceptors (Lipinski definition) is 2. The molecule has 0 unspecified atom stereocenters. The highest BCUT2D eigenvalue weighted by molar-refractivity contribution is 5.88. The number of carboxylic acids is 1. The van der Waals surface area contributed by atoms with Crippen LogP contribution in [0.25, 0.3) is 0 Å². The molecule has 0 amide bonds. The van der Waals surface area contributed by atoms with Crippen LogP contribution in [0.2, 0.25) is 0 Å². The Hall–Kier alpha value is -2.80. The van der Waals surface area contributed by atoms with Gasteiger partial charge in [0.2, 0.25) is 0 Å². The van der Waals surface area contributed by atoms with E-state index in [1.807, 2.05) is 30.3 Å². The number of halogens is 1. The van der Waals surface area contributed by atoms with E-state index in [-0.39, 0.29) is 17.9 Å². The lowest BCUT2D eigenvalue weighted by atomic mass is 10.2. The first-order valence-corrected chi connectivity index (χ1v) is 5.86. The van der Waals surface area contributed by atoms with Crippen molar-refractivity contribution in [1.29, 1.82) is 0 Å². The maximum absolute atomic E-state index is 13.4. The van der Waals surface area contributed by atoms with Gasteiger partial charge in [-0.2, -0.15) is 0 Å². The third-order valence-electron chi connectivity index (χ3n) is 2.49. The van der Waals surface area contributed by atoms with Gasteiger partial charge in [0.05, 0.1) is 5.56 Å². The minimum Gasteiger partial charge on any atom is -0.481 e. The zero-order valence-electron chi connectivity index (χ0n) is 10.5. The van der Waals surface area contributed by atoms with Crippen molar-refractivity contribution in [1.82, 2.24) is 0 Å². The quantitative estimate of drug-likeness (QED) is 0.872. The Bertz CT molecular complexity index is 669. The van der Waals surface area contributed by atoms with Gasteiger partial charge in [-0.25, -0.2) is 9.18 Å². The molecule has 0 saturated carbocycles. The van der Waals surface area contributed by atoms with Crippen molar-refractivity contribution in [2.75, 3.05) is 6.61 Å². The fraction of sp³-hybridized carbons (Fsp3) is 0.0625. The van der Waals surface area contributed by atoms with Crippen LogP contribution in [-0.2, 0) is 0 Å². The predicted molar refractivity (Wildman–Crippen MR) is 72.2 cm³/mol. The normalized spacial score (nSPS) is 9.45. The molecular weight excluding hydrogens is 259 g/mol. The number of carbonyl (C=O) groups is 1. The summed E-state index contributed by atoms with van der Waals surface area (Å²) in [6.07, 6.45) is 0. The molecule has 0 fully saturated rings. The summed E-state index contributed by atoms with van der Waals surface area (Å²) in [5, 5.41) is 8.69. The number of aromatic carboxylic acids is 1. The van der Waals surface area contributed by atoms with Crippen LogP contribution in [0.5, 0.6) is 5.75 Å². The standard InChI is InChI=1S/C16H11FO3/c17-15-11-13(8-9-14(15)16(18)19)20-10-4-7-12-5-2-1-3-6-12/h1-3,5-6,8-9,11H,10H2,(H,18,19). The van der Waals surface area contributed by atoms with Crippen LogP contribution >= 0.6 is 0 Å².